The van der Waals surface area contributed by atoms with Gasteiger partial charge in [0.2, 0.25) is 5.91 Å². The van der Waals surface area contributed by atoms with Crippen molar-refractivity contribution in [1.29, 1.82) is 0 Å². The second-order valence-corrected chi connectivity index (χ2v) is 6.26. The standard InChI is InChI=1S/C19H19FN2O2/c20-19-15-5-7-21-11-14(15)2-3-16(19)22-18(23)10-12-1-4-17-13(9-12)6-8-24-17/h1-4,9,21H,5-8,10-11H2,(H,22,23). The van der Waals surface area contributed by atoms with Gasteiger partial charge in [0.15, 0.2) is 0 Å². The van der Waals surface area contributed by atoms with E-state index in [4.69, 9.17) is 4.74 Å². The first-order valence-electron chi connectivity index (χ1n) is 8.26. The van der Waals surface area contributed by atoms with Crippen molar-refractivity contribution in [3.8, 4) is 5.75 Å². The highest BCUT2D eigenvalue weighted by molar-refractivity contribution is 5.92. The van der Waals surface area contributed by atoms with Crippen LogP contribution in [0.15, 0.2) is 30.3 Å². The molecule has 2 aliphatic rings. The molecule has 5 heteroatoms. The molecule has 0 unspecified atom stereocenters. The Labute approximate surface area is 140 Å². The third-order valence-electron chi connectivity index (χ3n) is 4.60. The molecule has 24 heavy (non-hydrogen) atoms. The molecule has 2 aromatic carbocycles. The SMILES string of the molecule is O=C(Cc1ccc2c(c1)CCO2)Nc1ccc2c(c1F)CCNC2. The van der Waals surface area contributed by atoms with E-state index in [1.54, 1.807) is 6.07 Å². The summed E-state index contributed by atoms with van der Waals surface area (Å²) in [5.74, 6) is 0.389. The Kier molecular flexibility index (Phi) is 3.94. The molecular formula is C19H19FN2O2. The smallest absolute Gasteiger partial charge is 0.228 e. The molecule has 2 aliphatic heterocycles. The van der Waals surface area contributed by atoms with Gasteiger partial charge in [-0.15, -0.1) is 0 Å². The lowest BCUT2D eigenvalue weighted by atomic mass is 9.99. The summed E-state index contributed by atoms with van der Waals surface area (Å²) in [5.41, 5.74) is 3.99. The molecular weight excluding hydrogens is 307 g/mol. The minimum atomic E-state index is -0.301. The van der Waals surface area contributed by atoms with E-state index in [0.29, 0.717) is 25.1 Å². The van der Waals surface area contributed by atoms with Crippen molar-refractivity contribution in [2.75, 3.05) is 18.5 Å². The maximum atomic E-state index is 14.6. The van der Waals surface area contributed by atoms with Gasteiger partial charge in [0.05, 0.1) is 18.7 Å². The Morgan fingerprint density at radius 1 is 1.21 bits per heavy atom. The summed E-state index contributed by atoms with van der Waals surface area (Å²) in [4.78, 5) is 12.3. The fourth-order valence-corrected chi connectivity index (χ4v) is 3.36. The predicted octanol–water partition coefficient (Wildman–Crippen LogP) is 2.59. The minimum absolute atomic E-state index is 0.207. The number of halogens is 1. The number of fused-ring (bicyclic) bond motifs is 2. The normalized spacial score (nSPS) is 15.4. The molecule has 4 nitrogen and oxygen atoms in total. The van der Waals surface area contributed by atoms with Gasteiger partial charge in [-0.25, -0.2) is 4.39 Å². The molecule has 0 aliphatic carbocycles. The van der Waals surface area contributed by atoms with Gasteiger partial charge in [-0.3, -0.25) is 4.79 Å². The summed E-state index contributed by atoms with van der Waals surface area (Å²) in [5, 5.41) is 5.93. The van der Waals surface area contributed by atoms with Crippen LogP contribution in [0.4, 0.5) is 10.1 Å². The van der Waals surface area contributed by atoms with E-state index in [1.807, 2.05) is 24.3 Å². The Morgan fingerprint density at radius 3 is 3.04 bits per heavy atom. The third-order valence-corrected chi connectivity index (χ3v) is 4.60. The van der Waals surface area contributed by atoms with E-state index in [0.717, 1.165) is 35.4 Å². The van der Waals surface area contributed by atoms with Gasteiger partial charge < -0.3 is 15.4 Å². The maximum absolute atomic E-state index is 14.6. The molecule has 0 atom stereocenters. The van der Waals surface area contributed by atoms with Gasteiger partial charge in [-0.05, 0) is 47.4 Å². The summed E-state index contributed by atoms with van der Waals surface area (Å²) in [6.45, 7) is 2.14. The largest absolute Gasteiger partial charge is 0.493 e. The Bertz CT molecular complexity index is 804. The molecule has 0 aromatic heterocycles. The molecule has 2 heterocycles. The first-order valence-corrected chi connectivity index (χ1v) is 8.26. The third kappa shape index (κ3) is 2.87. The highest BCUT2D eigenvalue weighted by Crippen LogP contribution is 2.27. The van der Waals surface area contributed by atoms with Gasteiger partial charge in [0, 0.05) is 13.0 Å². The van der Waals surface area contributed by atoms with Crippen LogP contribution in [0.5, 0.6) is 5.75 Å². The molecule has 2 aromatic rings. The lowest BCUT2D eigenvalue weighted by molar-refractivity contribution is -0.115. The Balaban J connectivity index is 1.48. The first-order chi connectivity index (χ1) is 11.7. The second-order valence-electron chi connectivity index (χ2n) is 6.26. The number of anilines is 1. The van der Waals surface area contributed by atoms with Gasteiger partial charge in [0.1, 0.15) is 11.6 Å². The molecule has 0 spiro atoms. The van der Waals surface area contributed by atoms with Crippen LogP contribution in [0.25, 0.3) is 0 Å². The van der Waals surface area contributed by atoms with Crippen LogP contribution in [0.3, 0.4) is 0 Å². The second kappa shape index (κ2) is 6.24. The zero-order valence-corrected chi connectivity index (χ0v) is 13.3. The number of rotatable bonds is 3. The molecule has 0 bridgehead atoms. The van der Waals surface area contributed by atoms with Crippen molar-refractivity contribution in [3.63, 3.8) is 0 Å². The van der Waals surface area contributed by atoms with E-state index in [-0.39, 0.29) is 23.8 Å². The number of hydrogen-bond donors (Lipinski definition) is 2. The molecule has 0 fully saturated rings. The minimum Gasteiger partial charge on any atom is -0.493 e. The van der Waals surface area contributed by atoms with E-state index in [9.17, 15) is 9.18 Å². The molecule has 0 saturated carbocycles. The van der Waals surface area contributed by atoms with Gasteiger partial charge in [-0.2, -0.15) is 0 Å². The van der Waals surface area contributed by atoms with Crippen LogP contribution in [-0.2, 0) is 30.6 Å². The quantitative estimate of drug-likeness (QED) is 0.911. The topological polar surface area (TPSA) is 50.4 Å². The van der Waals surface area contributed by atoms with Crippen LogP contribution >= 0.6 is 0 Å². The monoisotopic (exact) mass is 326 g/mol. The fourth-order valence-electron chi connectivity index (χ4n) is 3.36. The summed E-state index contributed by atoms with van der Waals surface area (Å²) in [6, 6.07) is 9.31. The summed E-state index contributed by atoms with van der Waals surface area (Å²) < 4.78 is 20.0. The van der Waals surface area contributed by atoms with E-state index >= 15 is 0 Å². The summed E-state index contributed by atoms with van der Waals surface area (Å²) in [7, 11) is 0. The number of amides is 1. The summed E-state index contributed by atoms with van der Waals surface area (Å²) in [6.07, 6.45) is 1.75. The van der Waals surface area contributed by atoms with Crippen molar-refractivity contribution in [1.82, 2.24) is 5.32 Å². The van der Waals surface area contributed by atoms with E-state index in [1.165, 1.54) is 0 Å². The Hall–Kier alpha value is -2.40. The van der Waals surface area contributed by atoms with Crippen LogP contribution in [0, 0.1) is 5.82 Å². The predicted molar refractivity (Wildman–Crippen MR) is 89.8 cm³/mol. The van der Waals surface area contributed by atoms with Crippen molar-refractivity contribution in [2.24, 2.45) is 0 Å². The highest BCUT2D eigenvalue weighted by atomic mass is 19.1. The number of nitrogens with one attached hydrogen (secondary N) is 2. The van der Waals surface area contributed by atoms with Crippen molar-refractivity contribution >= 4 is 11.6 Å². The number of ether oxygens (including phenoxy) is 1. The maximum Gasteiger partial charge on any atom is 0.228 e. The van der Waals surface area contributed by atoms with Crippen LogP contribution in [0.1, 0.15) is 22.3 Å². The zero-order valence-electron chi connectivity index (χ0n) is 13.3. The van der Waals surface area contributed by atoms with E-state index in [2.05, 4.69) is 10.6 Å². The Morgan fingerprint density at radius 2 is 2.12 bits per heavy atom. The molecule has 124 valence electrons. The average molecular weight is 326 g/mol. The van der Waals surface area contributed by atoms with Crippen molar-refractivity contribution in [2.45, 2.75) is 25.8 Å². The van der Waals surface area contributed by atoms with E-state index < -0.39 is 0 Å². The van der Waals surface area contributed by atoms with Crippen molar-refractivity contribution < 1.29 is 13.9 Å². The van der Waals surface area contributed by atoms with Crippen LogP contribution in [0.2, 0.25) is 0 Å². The van der Waals surface area contributed by atoms with Gasteiger partial charge in [-0.1, -0.05) is 18.2 Å². The lowest BCUT2D eigenvalue weighted by Gasteiger charge is -2.19. The van der Waals surface area contributed by atoms with Gasteiger partial charge in [0.25, 0.3) is 0 Å². The number of hydrogen-bond acceptors (Lipinski definition) is 3. The van der Waals surface area contributed by atoms with Crippen LogP contribution < -0.4 is 15.4 Å². The zero-order chi connectivity index (χ0) is 16.5. The molecule has 2 N–H and O–H groups in total. The fraction of sp³-hybridized carbons (Fsp3) is 0.316. The highest BCUT2D eigenvalue weighted by Gasteiger charge is 2.18. The van der Waals surface area contributed by atoms with Gasteiger partial charge >= 0.3 is 0 Å². The lowest BCUT2D eigenvalue weighted by Crippen LogP contribution is -2.25. The number of carbonyl (C=O) groups excluding carboxylic acids is 1. The molecule has 0 radical (unpaired) electrons. The first kappa shape index (κ1) is 15.1. The summed E-state index contributed by atoms with van der Waals surface area (Å²) >= 11 is 0. The molecule has 4 rings (SSSR count). The molecule has 1 amide bonds. The number of benzene rings is 2. The molecule has 0 saturated heterocycles. The van der Waals surface area contributed by atoms with Crippen LogP contribution in [-0.4, -0.2) is 19.1 Å². The average Bonchev–Trinajstić information content (AvgIpc) is 3.05. The van der Waals surface area contributed by atoms with Crippen molar-refractivity contribution in [3.05, 3.63) is 58.4 Å². The number of carbonyl (C=O) groups is 1.